The molecule has 0 aliphatic heterocycles. The molecular weight excluding hydrogens is 390 g/mol. The molecule has 0 bridgehead atoms. The fourth-order valence-electron chi connectivity index (χ4n) is 2.59. The van der Waals surface area contributed by atoms with E-state index in [-0.39, 0.29) is 18.6 Å². The molecule has 3 nitrogen and oxygen atoms in total. The van der Waals surface area contributed by atoms with Crippen molar-refractivity contribution in [3.8, 4) is 5.75 Å². The van der Waals surface area contributed by atoms with E-state index in [2.05, 4.69) is 60.2 Å². The molecule has 128 valence electrons. The molecule has 1 amide bonds. The van der Waals surface area contributed by atoms with Crippen LogP contribution in [0.2, 0.25) is 5.02 Å². The van der Waals surface area contributed by atoms with Crippen LogP contribution in [0.4, 0.5) is 0 Å². The van der Waals surface area contributed by atoms with E-state index in [0.717, 1.165) is 16.5 Å². The zero-order valence-electron chi connectivity index (χ0n) is 14.0. The summed E-state index contributed by atoms with van der Waals surface area (Å²) in [5.41, 5.74) is 3.53. The van der Waals surface area contributed by atoms with Gasteiger partial charge in [-0.05, 0) is 49.6 Å². The van der Waals surface area contributed by atoms with E-state index in [1.165, 1.54) is 11.1 Å². The smallest absolute Gasteiger partial charge is 0.258 e. The van der Waals surface area contributed by atoms with Crippen LogP contribution in [0.3, 0.4) is 0 Å². The molecule has 0 radical (unpaired) electrons. The second-order valence-corrected chi connectivity index (χ2v) is 7.07. The minimum Gasteiger partial charge on any atom is -0.482 e. The highest BCUT2D eigenvalue weighted by atomic mass is 79.9. The monoisotopic (exact) mass is 409 g/mol. The summed E-state index contributed by atoms with van der Waals surface area (Å²) in [7, 11) is 0. The number of carbonyl (C=O) groups is 1. The summed E-state index contributed by atoms with van der Waals surface area (Å²) in [6, 6.07) is 11.5. The maximum Gasteiger partial charge on any atom is 0.258 e. The van der Waals surface area contributed by atoms with E-state index < -0.39 is 0 Å². The van der Waals surface area contributed by atoms with Gasteiger partial charge in [-0.15, -0.1) is 0 Å². The molecule has 0 fully saturated rings. The summed E-state index contributed by atoms with van der Waals surface area (Å²) in [5, 5.41) is 3.50. The van der Waals surface area contributed by atoms with Gasteiger partial charge in [0.2, 0.25) is 0 Å². The highest BCUT2D eigenvalue weighted by molar-refractivity contribution is 9.10. The minimum absolute atomic E-state index is 0.0258. The normalized spacial score (nSPS) is 11.9. The predicted octanol–water partition coefficient (Wildman–Crippen LogP) is 5.37. The van der Waals surface area contributed by atoms with Crippen molar-refractivity contribution in [1.82, 2.24) is 5.32 Å². The Balaban J connectivity index is 1.99. The highest BCUT2D eigenvalue weighted by Gasteiger charge is 2.15. The Labute approximate surface area is 156 Å². The second-order valence-electron chi connectivity index (χ2n) is 5.75. The van der Waals surface area contributed by atoms with Gasteiger partial charge in [0.15, 0.2) is 6.61 Å². The maximum atomic E-state index is 12.2. The lowest BCUT2D eigenvalue weighted by Gasteiger charge is -2.20. The van der Waals surface area contributed by atoms with Crippen LogP contribution in [0.5, 0.6) is 5.75 Å². The number of hydrogen-bond donors (Lipinski definition) is 1. The third-order valence-electron chi connectivity index (χ3n) is 3.80. The highest BCUT2D eigenvalue weighted by Crippen LogP contribution is 2.27. The Morgan fingerprint density at radius 1 is 1.25 bits per heavy atom. The SMILES string of the molecule is CC[C@H](NC(=O)COc1ccc(Br)cc1Cl)c1ccc(C)cc1C. The molecule has 0 aliphatic carbocycles. The molecule has 2 rings (SSSR count). The lowest BCUT2D eigenvalue weighted by molar-refractivity contribution is -0.123. The molecule has 0 aliphatic rings. The Hall–Kier alpha value is -1.52. The van der Waals surface area contributed by atoms with Gasteiger partial charge in [0.1, 0.15) is 5.75 Å². The number of hydrogen-bond acceptors (Lipinski definition) is 2. The number of benzene rings is 2. The molecule has 0 saturated carbocycles. The van der Waals surface area contributed by atoms with Crippen molar-refractivity contribution in [1.29, 1.82) is 0 Å². The van der Waals surface area contributed by atoms with E-state index in [9.17, 15) is 4.79 Å². The van der Waals surface area contributed by atoms with Crippen LogP contribution < -0.4 is 10.1 Å². The molecule has 0 saturated heterocycles. The van der Waals surface area contributed by atoms with Gasteiger partial charge in [0.25, 0.3) is 5.91 Å². The number of halogens is 2. The maximum absolute atomic E-state index is 12.2. The van der Waals surface area contributed by atoms with Gasteiger partial charge < -0.3 is 10.1 Å². The quantitative estimate of drug-likeness (QED) is 0.695. The molecule has 0 spiro atoms. The Morgan fingerprint density at radius 3 is 2.62 bits per heavy atom. The van der Waals surface area contributed by atoms with Crippen molar-refractivity contribution in [2.24, 2.45) is 0 Å². The van der Waals surface area contributed by atoms with Gasteiger partial charge in [-0.2, -0.15) is 0 Å². The molecule has 0 aromatic heterocycles. The number of amides is 1. The average molecular weight is 411 g/mol. The zero-order valence-corrected chi connectivity index (χ0v) is 16.4. The van der Waals surface area contributed by atoms with E-state index in [1.807, 2.05) is 6.07 Å². The number of rotatable bonds is 6. The van der Waals surface area contributed by atoms with Crippen molar-refractivity contribution in [3.63, 3.8) is 0 Å². The third kappa shape index (κ3) is 4.99. The summed E-state index contributed by atoms with van der Waals surface area (Å²) in [6.45, 7) is 6.11. The minimum atomic E-state index is -0.166. The lowest BCUT2D eigenvalue weighted by Crippen LogP contribution is -2.32. The first-order chi connectivity index (χ1) is 11.4. The van der Waals surface area contributed by atoms with Crippen LogP contribution in [-0.4, -0.2) is 12.5 Å². The van der Waals surface area contributed by atoms with Crippen LogP contribution in [0, 0.1) is 13.8 Å². The van der Waals surface area contributed by atoms with E-state index in [0.29, 0.717) is 10.8 Å². The number of aryl methyl sites for hydroxylation is 2. The summed E-state index contributed by atoms with van der Waals surface area (Å²) in [4.78, 5) is 12.2. The summed E-state index contributed by atoms with van der Waals surface area (Å²) in [6.07, 6.45) is 0.814. The van der Waals surface area contributed by atoms with E-state index >= 15 is 0 Å². The van der Waals surface area contributed by atoms with Crippen LogP contribution in [-0.2, 0) is 4.79 Å². The van der Waals surface area contributed by atoms with Crippen molar-refractivity contribution in [3.05, 3.63) is 62.6 Å². The first-order valence-electron chi connectivity index (χ1n) is 7.85. The first kappa shape index (κ1) is 18.8. The standard InChI is InChI=1S/C19H21BrClNO2/c1-4-17(15-7-5-12(2)9-13(15)3)22-19(23)11-24-18-8-6-14(20)10-16(18)21/h5-10,17H,4,11H2,1-3H3,(H,22,23)/t17-/m0/s1. The van der Waals surface area contributed by atoms with Crippen molar-refractivity contribution in [2.75, 3.05) is 6.61 Å². The second kappa shape index (κ2) is 8.54. The third-order valence-corrected chi connectivity index (χ3v) is 4.59. The van der Waals surface area contributed by atoms with Crippen LogP contribution in [0.25, 0.3) is 0 Å². The van der Waals surface area contributed by atoms with Crippen molar-refractivity contribution >= 4 is 33.4 Å². The molecule has 0 heterocycles. The van der Waals surface area contributed by atoms with Crippen LogP contribution in [0.15, 0.2) is 40.9 Å². The van der Waals surface area contributed by atoms with E-state index in [4.69, 9.17) is 16.3 Å². The topological polar surface area (TPSA) is 38.3 Å². The number of nitrogens with one attached hydrogen (secondary N) is 1. The Kier molecular flexibility index (Phi) is 6.69. The fraction of sp³-hybridized carbons (Fsp3) is 0.316. The lowest BCUT2D eigenvalue weighted by atomic mass is 9.97. The molecule has 1 atom stereocenters. The van der Waals surface area contributed by atoms with Gasteiger partial charge in [-0.3, -0.25) is 4.79 Å². The molecule has 24 heavy (non-hydrogen) atoms. The molecular formula is C19H21BrClNO2. The summed E-state index contributed by atoms with van der Waals surface area (Å²) < 4.78 is 6.39. The first-order valence-corrected chi connectivity index (χ1v) is 9.02. The fourth-order valence-corrected chi connectivity index (χ4v) is 3.32. The van der Waals surface area contributed by atoms with Crippen molar-refractivity contribution in [2.45, 2.75) is 33.2 Å². The molecule has 2 aromatic rings. The van der Waals surface area contributed by atoms with Gasteiger partial charge in [0.05, 0.1) is 11.1 Å². The number of carbonyl (C=O) groups excluding carboxylic acids is 1. The average Bonchev–Trinajstić information content (AvgIpc) is 2.52. The number of ether oxygens (including phenoxy) is 1. The summed E-state index contributed by atoms with van der Waals surface area (Å²) in [5.74, 6) is 0.329. The molecule has 0 unspecified atom stereocenters. The van der Waals surface area contributed by atoms with Crippen LogP contribution in [0.1, 0.15) is 36.1 Å². The molecule has 1 N–H and O–H groups in total. The van der Waals surface area contributed by atoms with Crippen molar-refractivity contribution < 1.29 is 9.53 Å². The Morgan fingerprint density at radius 2 is 2.00 bits per heavy atom. The predicted molar refractivity (Wildman–Crippen MR) is 102 cm³/mol. The van der Waals surface area contributed by atoms with Gasteiger partial charge >= 0.3 is 0 Å². The largest absolute Gasteiger partial charge is 0.482 e. The zero-order chi connectivity index (χ0) is 17.7. The van der Waals surface area contributed by atoms with Gasteiger partial charge in [-0.1, -0.05) is 58.2 Å². The molecule has 5 heteroatoms. The van der Waals surface area contributed by atoms with E-state index in [1.54, 1.807) is 12.1 Å². The van der Waals surface area contributed by atoms with Gasteiger partial charge in [0, 0.05) is 4.47 Å². The molecule has 2 aromatic carbocycles. The van der Waals surface area contributed by atoms with Crippen LogP contribution >= 0.6 is 27.5 Å². The van der Waals surface area contributed by atoms with Gasteiger partial charge in [-0.25, -0.2) is 0 Å². The Bertz CT molecular complexity index is 733. The summed E-state index contributed by atoms with van der Waals surface area (Å²) >= 11 is 9.43.